The Morgan fingerprint density at radius 2 is 1.94 bits per heavy atom. The van der Waals surface area contributed by atoms with E-state index >= 15 is 0 Å². The zero-order chi connectivity index (χ0) is 12.2. The highest BCUT2D eigenvalue weighted by Crippen LogP contribution is 2.17. The Balaban J connectivity index is 2.43. The minimum absolute atomic E-state index is 0.200. The minimum atomic E-state index is -3.24. The quantitative estimate of drug-likeness (QED) is 0.701. The fourth-order valence-electron chi connectivity index (χ4n) is 1.67. The number of hydrogen-bond acceptors (Lipinski definition) is 3. The summed E-state index contributed by atoms with van der Waals surface area (Å²) in [5, 5.41) is 0.823. The van der Waals surface area contributed by atoms with Crippen LogP contribution >= 0.6 is 15.9 Å². The van der Waals surface area contributed by atoms with Gasteiger partial charge < -0.3 is 4.74 Å². The molecule has 1 aliphatic rings. The number of piperidine rings is 1. The highest BCUT2D eigenvalue weighted by atomic mass is 79.9. The summed E-state index contributed by atoms with van der Waals surface area (Å²) in [4.78, 5) is 0. The van der Waals surface area contributed by atoms with E-state index in [0.29, 0.717) is 19.7 Å². The van der Waals surface area contributed by atoms with Gasteiger partial charge in [-0.3, -0.25) is 0 Å². The number of halogens is 1. The van der Waals surface area contributed by atoms with Gasteiger partial charge in [-0.05, 0) is 12.8 Å². The third kappa shape index (κ3) is 3.66. The van der Waals surface area contributed by atoms with Crippen molar-refractivity contribution in [1.82, 2.24) is 8.61 Å². The van der Waals surface area contributed by atoms with E-state index in [1.54, 1.807) is 14.1 Å². The Hall–Kier alpha value is 0.310. The molecule has 0 spiro atoms. The highest BCUT2D eigenvalue weighted by molar-refractivity contribution is 9.09. The van der Waals surface area contributed by atoms with Gasteiger partial charge in [-0.15, -0.1) is 0 Å². The zero-order valence-corrected chi connectivity index (χ0v) is 12.1. The Kier molecular flexibility index (Phi) is 5.66. The molecule has 0 aromatic carbocycles. The lowest BCUT2D eigenvalue weighted by atomic mass is 10.1. The lowest BCUT2D eigenvalue weighted by molar-refractivity contribution is 0.0302. The Morgan fingerprint density at radius 3 is 2.38 bits per heavy atom. The van der Waals surface area contributed by atoms with Crippen LogP contribution in [0.3, 0.4) is 0 Å². The fraction of sp³-hybridized carbons (Fsp3) is 1.00. The number of alkyl halides is 1. The predicted molar refractivity (Wildman–Crippen MR) is 66.9 cm³/mol. The summed E-state index contributed by atoms with van der Waals surface area (Å²) in [7, 11) is -0.125. The molecule has 1 rings (SSSR count). The predicted octanol–water partition coefficient (Wildman–Crippen LogP) is 0.669. The maximum absolute atomic E-state index is 11.8. The van der Waals surface area contributed by atoms with E-state index in [-0.39, 0.29) is 6.10 Å². The topological polar surface area (TPSA) is 49.9 Å². The Labute approximate surface area is 106 Å². The molecule has 96 valence electrons. The molecule has 7 heteroatoms. The summed E-state index contributed by atoms with van der Waals surface area (Å²) in [6.07, 6.45) is 1.76. The van der Waals surface area contributed by atoms with Gasteiger partial charge in [-0.1, -0.05) is 15.9 Å². The summed E-state index contributed by atoms with van der Waals surface area (Å²) < 4.78 is 32.0. The van der Waals surface area contributed by atoms with Crippen LogP contribution in [-0.4, -0.2) is 62.3 Å². The van der Waals surface area contributed by atoms with Crippen molar-refractivity contribution in [3.63, 3.8) is 0 Å². The normalized spacial score (nSPS) is 20.5. The molecule has 1 fully saturated rings. The van der Waals surface area contributed by atoms with Gasteiger partial charge >= 0.3 is 0 Å². The van der Waals surface area contributed by atoms with Gasteiger partial charge in [-0.2, -0.15) is 17.0 Å². The summed E-state index contributed by atoms with van der Waals surface area (Å²) in [5.41, 5.74) is 0. The first kappa shape index (κ1) is 14.4. The number of hydrogen-bond donors (Lipinski definition) is 0. The van der Waals surface area contributed by atoms with E-state index in [2.05, 4.69) is 15.9 Å². The van der Waals surface area contributed by atoms with Gasteiger partial charge in [0.2, 0.25) is 0 Å². The van der Waals surface area contributed by atoms with E-state index in [1.807, 2.05) is 0 Å². The maximum atomic E-state index is 11.8. The van der Waals surface area contributed by atoms with Crippen LogP contribution in [0, 0.1) is 0 Å². The van der Waals surface area contributed by atoms with Crippen LogP contribution in [0.15, 0.2) is 0 Å². The van der Waals surface area contributed by atoms with Crippen molar-refractivity contribution >= 4 is 26.1 Å². The van der Waals surface area contributed by atoms with Gasteiger partial charge in [0.15, 0.2) is 0 Å². The van der Waals surface area contributed by atoms with Crippen LogP contribution < -0.4 is 0 Å². The van der Waals surface area contributed by atoms with Crippen molar-refractivity contribution in [2.75, 3.05) is 39.1 Å². The molecule has 0 unspecified atom stereocenters. The van der Waals surface area contributed by atoms with Crippen LogP contribution in [0.2, 0.25) is 0 Å². The summed E-state index contributed by atoms with van der Waals surface area (Å²) >= 11 is 3.30. The van der Waals surface area contributed by atoms with Crippen molar-refractivity contribution in [2.45, 2.75) is 18.9 Å². The second-order valence-electron chi connectivity index (χ2n) is 3.95. The molecule has 1 heterocycles. The van der Waals surface area contributed by atoms with E-state index in [1.165, 1.54) is 8.61 Å². The lowest BCUT2D eigenvalue weighted by Crippen LogP contribution is -2.45. The second-order valence-corrected chi connectivity index (χ2v) is 6.88. The first-order valence-electron chi connectivity index (χ1n) is 5.33. The van der Waals surface area contributed by atoms with Gasteiger partial charge in [0, 0.05) is 32.5 Å². The molecule has 0 atom stereocenters. The molecule has 0 aromatic rings. The molecule has 5 nitrogen and oxygen atoms in total. The minimum Gasteiger partial charge on any atom is -0.377 e. The summed E-state index contributed by atoms with van der Waals surface area (Å²) in [5.74, 6) is 0. The van der Waals surface area contributed by atoms with E-state index in [9.17, 15) is 8.42 Å². The largest absolute Gasteiger partial charge is 0.377 e. The summed E-state index contributed by atoms with van der Waals surface area (Å²) in [6.45, 7) is 1.78. The molecule has 0 N–H and O–H groups in total. The first-order valence-corrected chi connectivity index (χ1v) is 7.85. The number of rotatable bonds is 5. The SMILES string of the molecule is CN(C)S(=O)(=O)N1CCC(OCCBr)CC1. The van der Waals surface area contributed by atoms with E-state index < -0.39 is 10.2 Å². The molecule has 16 heavy (non-hydrogen) atoms. The molecular formula is C9H19BrN2O3S. The maximum Gasteiger partial charge on any atom is 0.281 e. The highest BCUT2D eigenvalue weighted by Gasteiger charge is 2.29. The number of nitrogens with zero attached hydrogens (tertiary/aromatic N) is 2. The molecule has 0 aromatic heterocycles. The molecular weight excluding hydrogens is 296 g/mol. The fourth-order valence-corrected chi connectivity index (χ4v) is 2.99. The number of ether oxygens (including phenoxy) is 1. The van der Waals surface area contributed by atoms with Gasteiger partial charge in [0.1, 0.15) is 0 Å². The van der Waals surface area contributed by atoms with E-state index in [4.69, 9.17) is 4.74 Å². The van der Waals surface area contributed by atoms with Crippen LogP contribution in [0.25, 0.3) is 0 Å². The third-order valence-electron chi connectivity index (χ3n) is 2.62. The van der Waals surface area contributed by atoms with Gasteiger partial charge in [0.05, 0.1) is 12.7 Å². The molecule has 0 aliphatic carbocycles. The van der Waals surface area contributed by atoms with Crippen molar-refractivity contribution in [1.29, 1.82) is 0 Å². The molecule has 0 bridgehead atoms. The molecule has 0 saturated carbocycles. The first-order chi connectivity index (χ1) is 7.48. The smallest absolute Gasteiger partial charge is 0.281 e. The van der Waals surface area contributed by atoms with Crippen molar-refractivity contribution < 1.29 is 13.2 Å². The molecule has 0 radical (unpaired) electrons. The molecule has 1 saturated heterocycles. The average molecular weight is 315 g/mol. The standard InChI is InChI=1S/C9H19BrN2O3S/c1-11(2)16(13,14)12-6-3-9(4-7-12)15-8-5-10/h9H,3-8H2,1-2H3. The van der Waals surface area contributed by atoms with Gasteiger partial charge in [0.25, 0.3) is 10.2 Å². The van der Waals surface area contributed by atoms with Crippen LogP contribution in [0.4, 0.5) is 0 Å². The monoisotopic (exact) mass is 314 g/mol. The van der Waals surface area contributed by atoms with Crippen LogP contribution in [0.1, 0.15) is 12.8 Å². The van der Waals surface area contributed by atoms with Gasteiger partial charge in [-0.25, -0.2) is 0 Å². The second kappa shape index (κ2) is 6.30. The van der Waals surface area contributed by atoms with Crippen molar-refractivity contribution in [2.24, 2.45) is 0 Å². The summed E-state index contributed by atoms with van der Waals surface area (Å²) in [6, 6.07) is 0. The van der Waals surface area contributed by atoms with Crippen LogP contribution in [0.5, 0.6) is 0 Å². The van der Waals surface area contributed by atoms with Crippen molar-refractivity contribution in [3.8, 4) is 0 Å². The Bertz CT molecular complexity index is 300. The Morgan fingerprint density at radius 1 is 1.38 bits per heavy atom. The zero-order valence-electron chi connectivity index (χ0n) is 9.73. The van der Waals surface area contributed by atoms with Crippen LogP contribution in [-0.2, 0) is 14.9 Å². The lowest BCUT2D eigenvalue weighted by Gasteiger charge is -2.32. The third-order valence-corrected chi connectivity index (χ3v) is 4.88. The average Bonchev–Trinajstić information content (AvgIpc) is 2.26. The molecule has 0 amide bonds. The molecule has 1 aliphatic heterocycles. The van der Waals surface area contributed by atoms with E-state index in [0.717, 1.165) is 18.2 Å². The van der Waals surface area contributed by atoms with Crippen molar-refractivity contribution in [3.05, 3.63) is 0 Å².